The normalized spacial score (nSPS) is 17.3. The lowest BCUT2D eigenvalue weighted by atomic mass is 10.1. The highest BCUT2D eigenvalue weighted by Gasteiger charge is 2.29. The van der Waals surface area contributed by atoms with Gasteiger partial charge >= 0.3 is 0 Å². The van der Waals surface area contributed by atoms with Gasteiger partial charge in [-0.3, -0.25) is 9.59 Å². The summed E-state index contributed by atoms with van der Waals surface area (Å²) in [4.78, 5) is 33.6. The van der Waals surface area contributed by atoms with Crippen molar-refractivity contribution in [2.45, 2.75) is 25.8 Å². The molecular weight excluding hydrogens is 292 g/mol. The van der Waals surface area contributed by atoms with Crippen LogP contribution < -0.4 is 5.73 Å². The summed E-state index contributed by atoms with van der Waals surface area (Å²) in [6.45, 7) is 2.36. The van der Waals surface area contributed by atoms with Crippen LogP contribution in [0.3, 0.4) is 0 Å². The summed E-state index contributed by atoms with van der Waals surface area (Å²) in [5.41, 5.74) is 7.35. The van der Waals surface area contributed by atoms with Crippen LogP contribution in [0.5, 0.6) is 0 Å². The molecule has 118 valence electrons. The number of nitrogens with zero attached hydrogens (tertiary/aromatic N) is 3. The molecule has 0 spiro atoms. The number of benzene rings is 1. The first-order valence-electron chi connectivity index (χ1n) is 7.56. The van der Waals surface area contributed by atoms with E-state index in [1.54, 1.807) is 37.4 Å². The average molecular weight is 310 g/mol. The quantitative estimate of drug-likeness (QED) is 0.938. The molecule has 1 aromatic heterocycles. The molecule has 3 rings (SSSR count). The second-order valence-corrected chi connectivity index (χ2v) is 5.62. The summed E-state index contributed by atoms with van der Waals surface area (Å²) < 4.78 is 0. The Morgan fingerprint density at radius 1 is 1.22 bits per heavy atom. The molecule has 0 unspecified atom stereocenters. The van der Waals surface area contributed by atoms with Crippen LogP contribution in [0.25, 0.3) is 11.4 Å². The van der Waals surface area contributed by atoms with E-state index in [9.17, 15) is 9.59 Å². The topological polar surface area (TPSA) is 89.2 Å². The fourth-order valence-electron chi connectivity index (χ4n) is 2.93. The highest BCUT2D eigenvalue weighted by atomic mass is 16.2. The minimum atomic E-state index is -0.464. The third-order valence-electron chi connectivity index (χ3n) is 4.10. The van der Waals surface area contributed by atoms with E-state index >= 15 is 0 Å². The molecular formula is C17H18N4O2. The monoisotopic (exact) mass is 310 g/mol. The van der Waals surface area contributed by atoms with Crippen LogP contribution in [-0.2, 0) is 4.79 Å². The SMILES string of the molecule is CC(=O)N1CCC[C@H]1c1ccnc(-c2ccc(C(N)=O)cc2)n1. The molecule has 1 aromatic carbocycles. The molecule has 2 N–H and O–H groups in total. The highest BCUT2D eigenvalue weighted by molar-refractivity contribution is 5.93. The van der Waals surface area contributed by atoms with Crippen molar-refractivity contribution in [1.82, 2.24) is 14.9 Å². The van der Waals surface area contributed by atoms with E-state index < -0.39 is 5.91 Å². The number of primary amides is 1. The maximum absolute atomic E-state index is 11.7. The van der Waals surface area contributed by atoms with Gasteiger partial charge in [-0.05, 0) is 31.0 Å². The van der Waals surface area contributed by atoms with Crippen molar-refractivity contribution in [2.75, 3.05) is 6.54 Å². The third kappa shape index (κ3) is 3.06. The maximum Gasteiger partial charge on any atom is 0.248 e. The Bertz CT molecular complexity index is 743. The molecule has 6 heteroatoms. The van der Waals surface area contributed by atoms with Crippen molar-refractivity contribution in [3.8, 4) is 11.4 Å². The average Bonchev–Trinajstić information content (AvgIpc) is 3.05. The molecule has 1 fully saturated rings. The Kier molecular flexibility index (Phi) is 4.06. The molecule has 1 aliphatic heterocycles. The van der Waals surface area contributed by atoms with Crippen LogP contribution in [0.2, 0.25) is 0 Å². The fraction of sp³-hybridized carbons (Fsp3) is 0.294. The first-order chi connectivity index (χ1) is 11.1. The first-order valence-corrected chi connectivity index (χ1v) is 7.56. The summed E-state index contributed by atoms with van der Waals surface area (Å²) in [6, 6.07) is 8.73. The number of amides is 2. The molecule has 2 aromatic rings. The number of nitrogens with two attached hydrogens (primary N) is 1. The van der Waals surface area contributed by atoms with E-state index in [1.807, 2.05) is 11.0 Å². The van der Waals surface area contributed by atoms with Gasteiger partial charge in [-0.25, -0.2) is 9.97 Å². The molecule has 0 saturated carbocycles. The Balaban J connectivity index is 1.90. The summed E-state index contributed by atoms with van der Waals surface area (Å²) in [5, 5.41) is 0. The largest absolute Gasteiger partial charge is 0.366 e. The predicted molar refractivity (Wildman–Crippen MR) is 85.3 cm³/mol. The number of rotatable bonds is 3. The number of hydrogen-bond acceptors (Lipinski definition) is 4. The van der Waals surface area contributed by atoms with Crippen molar-refractivity contribution in [2.24, 2.45) is 5.73 Å². The summed E-state index contributed by atoms with van der Waals surface area (Å²) in [7, 11) is 0. The minimum Gasteiger partial charge on any atom is -0.366 e. The van der Waals surface area contributed by atoms with E-state index in [4.69, 9.17) is 5.73 Å². The van der Waals surface area contributed by atoms with Crippen molar-refractivity contribution in [3.63, 3.8) is 0 Å². The highest BCUT2D eigenvalue weighted by Crippen LogP contribution is 2.31. The number of hydrogen-bond donors (Lipinski definition) is 1. The number of carbonyl (C=O) groups excluding carboxylic acids is 2. The van der Waals surface area contributed by atoms with Gasteiger partial charge < -0.3 is 10.6 Å². The Morgan fingerprint density at radius 2 is 1.96 bits per heavy atom. The fourth-order valence-corrected chi connectivity index (χ4v) is 2.93. The van der Waals surface area contributed by atoms with Crippen molar-refractivity contribution >= 4 is 11.8 Å². The molecule has 1 saturated heterocycles. The zero-order valence-corrected chi connectivity index (χ0v) is 12.9. The molecule has 0 bridgehead atoms. The van der Waals surface area contributed by atoms with E-state index in [-0.39, 0.29) is 11.9 Å². The number of aromatic nitrogens is 2. The van der Waals surface area contributed by atoms with Crippen molar-refractivity contribution in [1.29, 1.82) is 0 Å². The standard InChI is InChI=1S/C17H18N4O2/c1-11(22)21-10-2-3-15(21)14-8-9-19-17(20-14)13-6-4-12(5-7-13)16(18)23/h4-9,15H,2-3,10H2,1H3,(H2,18,23)/t15-/m0/s1. The molecule has 23 heavy (non-hydrogen) atoms. The second-order valence-electron chi connectivity index (χ2n) is 5.62. The van der Waals surface area contributed by atoms with E-state index in [2.05, 4.69) is 9.97 Å². The predicted octanol–water partition coefficient (Wildman–Crippen LogP) is 1.93. The second kappa shape index (κ2) is 6.16. The van der Waals surface area contributed by atoms with Crippen LogP contribution in [0.1, 0.15) is 41.9 Å². The first kappa shape index (κ1) is 15.1. The number of likely N-dealkylation sites (tertiary alicyclic amines) is 1. The van der Waals surface area contributed by atoms with Crippen LogP contribution in [0.4, 0.5) is 0 Å². The summed E-state index contributed by atoms with van der Waals surface area (Å²) in [5.74, 6) is 0.182. The summed E-state index contributed by atoms with van der Waals surface area (Å²) >= 11 is 0. The van der Waals surface area contributed by atoms with E-state index in [0.717, 1.165) is 30.6 Å². The smallest absolute Gasteiger partial charge is 0.248 e. The van der Waals surface area contributed by atoms with E-state index in [0.29, 0.717) is 11.4 Å². The molecule has 1 aliphatic rings. The Hall–Kier alpha value is -2.76. The number of carbonyl (C=O) groups is 2. The molecule has 0 radical (unpaired) electrons. The van der Waals surface area contributed by atoms with E-state index in [1.165, 1.54) is 0 Å². The van der Waals surface area contributed by atoms with Crippen molar-refractivity contribution in [3.05, 3.63) is 47.8 Å². The van der Waals surface area contributed by atoms with Gasteiger partial charge in [0.1, 0.15) is 0 Å². The zero-order valence-electron chi connectivity index (χ0n) is 12.9. The Labute approximate surface area is 134 Å². The maximum atomic E-state index is 11.7. The van der Waals surface area contributed by atoms with Gasteiger partial charge in [-0.15, -0.1) is 0 Å². The lowest BCUT2D eigenvalue weighted by Gasteiger charge is -2.22. The minimum absolute atomic E-state index is 0.0131. The van der Waals surface area contributed by atoms with Gasteiger partial charge in [-0.2, -0.15) is 0 Å². The van der Waals surface area contributed by atoms with Gasteiger partial charge in [0.25, 0.3) is 0 Å². The Morgan fingerprint density at radius 3 is 2.61 bits per heavy atom. The van der Waals surface area contributed by atoms with Crippen molar-refractivity contribution < 1.29 is 9.59 Å². The molecule has 1 atom stereocenters. The third-order valence-corrected chi connectivity index (χ3v) is 4.10. The lowest BCUT2D eigenvalue weighted by molar-refractivity contribution is -0.129. The van der Waals surface area contributed by atoms with Crippen LogP contribution in [0.15, 0.2) is 36.5 Å². The van der Waals surface area contributed by atoms with Gasteiger partial charge in [0.05, 0.1) is 11.7 Å². The van der Waals surface area contributed by atoms with Gasteiger partial charge in [0.2, 0.25) is 11.8 Å². The van der Waals surface area contributed by atoms with Crippen LogP contribution in [-0.4, -0.2) is 33.2 Å². The van der Waals surface area contributed by atoms with Gasteiger partial charge in [0.15, 0.2) is 5.82 Å². The summed E-state index contributed by atoms with van der Waals surface area (Å²) in [6.07, 6.45) is 3.60. The van der Waals surface area contributed by atoms with Gasteiger partial charge in [0, 0.05) is 30.8 Å². The molecule has 2 heterocycles. The lowest BCUT2D eigenvalue weighted by Crippen LogP contribution is -2.28. The van der Waals surface area contributed by atoms with Crippen LogP contribution in [0, 0.1) is 0 Å². The van der Waals surface area contributed by atoms with Crippen LogP contribution >= 0.6 is 0 Å². The van der Waals surface area contributed by atoms with Gasteiger partial charge in [-0.1, -0.05) is 12.1 Å². The molecule has 0 aliphatic carbocycles. The molecule has 2 amide bonds. The zero-order chi connectivity index (χ0) is 16.4. The molecule has 6 nitrogen and oxygen atoms in total.